The third-order valence-corrected chi connectivity index (χ3v) is 4.54. The van der Waals surface area contributed by atoms with Crippen LogP contribution in [0.1, 0.15) is 24.2 Å². The molecule has 1 N–H and O–H groups in total. The topological polar surface area (TPSA) is 99.9 Å². The predicted octanol–water partition coefficient (Wildman–Crippen LogP) is 2.79. The predicted molar refractivity (Wildman–Crippen MR) is 100.0 cm³/mol. The molecule has 0 bridgehead atoms. The first-order chi connectivity index (χ1) is 14.1. The van der Waals surface area contributed by atoms with Crippen molar-refractivity contribution in [2.45, 2.75) is 24.7 Å². The Morgan fingerprint density at radius 2 is 2.07 bits per heavy atom. The van der Waals surface area contributed by atoms with Crippen LogP contribution < -0.4 is 14.8 Å². The van der Waals surface area contributed by atoms with Crippen molar-refractivity contribution in [3.05, 3.63) is 41.9 Å². The van der Waals surface area contributed by atoms with Crippen LogP contribution in [-0.4, -0.2) is 39.0 Å². The molecule has 0 radical (unpaired) electrons. The largest absolute Gasteiger partial charge is 0.586 e. The summed E-state index contributed by atoms with van der Waals surface area (Å²) in [6.45, 7) is 1.28. The molecule has 4 rings (SSSR count). The van der Waals surface area contributed by atoms with E-state index in [1.807, 2.05) is 9.24 Å². The monoisotopic (exact) mass is 441 g/mol. The Kier molecular flexibility index (Phi) is 4.69. The molecule has 2 aromatic heterocycles. The van der Waals surface area contributed by atoms with E-state index in [4.69, 9.17) is 4.74 Å². The van der Waals surface area contributed by atoms with Crippen LogP contribution in [0, 0.1) is 0 Å². The van der Waals surface area contributed by atoms with Gasteiger partial charge in [-0.2, -0.15) is 14.6 Å². The molecule has 1 aliphatic heterocycles. The zero-order chi connectivity index (χ0) is 21.7. The van der Waals surface area contributed by atoms with Crippen molar-refractivity contribution in [2.75, 3.05) is 12.4 Å². The average molecular weight is 441 g/mol. The van der Waals surface area contributed by atoms with Crippen LogP contribution in [0.25, 0.3) is 5.78 Å². The van der Waals surface area contributed by atoms with Crippen LogP contribution in [0.4, 0.5) is 19.0 Å². The molecule has 3 atom stereocenters. The molecule has 0 aliphatic carbocycles. The number of halogens is 3. The highest BCUT2D eigenvalue weighted by Crippen LogP contribution is 2.42. The number of methoxy groups -OCH3 is 1. The van der Waals surface area contributed by atoms with E-state index in [1.165, 1.54) is 49.1 Å². The lowest BCUT2D eigenvalue weighted by molar-refractivity contribution is -0.286. The maximum Gasteiger partial charge on any atom is 0.586 e. The number of nitrogens with one attached hydrogen (secondary N) is 1. The summed E-state index contributed by atoms with van der Waals surface area (Å²) in [4.78, 5) is 20.5. The van der Waals surface area contributed by atoms with Crippen molar-refractivity contribution in [1.82, 2.24) is 19.6 Å². The van der Waals surface area contributed by atoms with E-state index in [9.17, 15) is 18.0 Å². The minimum atomic E-state index is -3.80. The molecule has 1 aliphatic rings. The van der Waals surface area contributed by atoms with Gasteiger partial charge in [0, 0.05) is 6.07 Å². The van der Waals surface area contributed by atoms with Crippen molar-refractivity contribution in [1.29, 1.82) is 0 Å². The fourth-order valence-electron chi connectivity index (χ4n) is 2.85. The van der Waals surface area contributed by atoms with Crippen LogP contribution >= 0.6 is 9.24 Å². The lowest BCUT2D eigenvalue weighted by Crippen LogP contribution is -2.26. The Morgan fingerprint density at radius 3 is 2.77 bits per heavy atom. The van der Waals surface area contributed by atoms with Crippen LogP contribution in [0.3, 0.4) is 0 Å². The van der Waals surface area contributed by atoms with Crippen molar-refractivity contribution < 1.29 is 32.2 Å². The van der Waals surface area contributed by atoms with E-state index in [0.29, 0.717) is 0 Å². The van der Waals surface area contributed by atoms with E-state index in [-0.39, 0.29) is 34.4 Å². The molecule has 9 nitrogen and oxygen atoms in total. The van der Waals surface area contributed by atoms with E-state index in [1.54, 1.807) is 0 Å². The van der Waals surface area contributed by atoms with Gasteiger partial charge in [0.2, 0.25) is 0 Å². The summed E-state index contributed by atoms with van der Waals surface area (Å²) < 4.78 is 56.0. The van der Waals surface area contributed by atoms with Crippen LogP contribution in [0.15, 0.2) is 30.6 Å². The average Bonchev–Trinajstić information content (AvgIpc) is 3.26. The first-order valence-electron chi connectivity index (χ1n) is 8.50. The maximum atomic E-state index is 14.5. The molecule has 0 amide bonds. The summed E-state index contributed by atoms with van der Waals surface area (Å²) in [5, 5.41) is 5.01. The Balaban J connectivity index is 1.76. The highest BCUT2D eigenvalue weighted by Gasteiger charge is 2.43. The number of aromatic nitrogens is 4. The van der Waals surface area contributed by atoms with Crippen molar-refractivity contribution in [3.63, 3.8) is 0 Å². The standard InChI is InChI=1S/C17H15F3N5O4P/c1-16(18,30)11-6-12(25-15(23-11)21-7-22-25)24-13(14(26)27-2)8-3-4-9-10(5-8)29-17(19,20)28-9/h3-7,13,24H,30H2,1-2H3. The van der Waals surface area contributed by atoms with Crippen LogP contribution in [0.5, 0.6) is 11.5 Å². The van der Waals surface area contributed by atoms with E-state index in [0.717, 1.165) is 0 Å². The lowest BCUT2D eigenvalue weighted by atomic mass is 10.1. The number of anilines is 1. The van der Waals surface area contributed by atoms with Gasteiger partial charge in [-0.1, -0.05) is 15.3 Å². The summed E-state index contributed by atoms with van der Waals surface area (Å²) in [5.74, 6) is -0.877. The summed E-state index contributed by atoms with van der Waals surface area (Å²) in [6.07, 6.45) is -2.59. The molecule has 0 saturated carbocycles. The summed E-state index contributed by atoms with van der Waals surface area (Å²) in [6, 6.07) is 4.05. The quantitative estimate of drug-likeness (QED) is 0.477. The number of nitrogens with zero attached hydrogens (tertiary/aromatic N) is 4. The summed E-state index contributed by atoms with van der Waals surface area (Å²) in [7, 11) is 3.19. The number of fused-ring (bicyclic) bond motifs is 2. The molecule has 1 aromatic carbocycles. The molecule has 0 fully saturated rings. The van der Waals surface area contributed by atoms with Gasteiger partial charge in [0.1, 0.15) is 12.1 Å². The smallest absolute Gasteiger partial charge is 0.467 e. The number of hydrogen-bond acceptors (Lipinski definition) is 8. The van der Waals surface area contributed by atoms with E-state index >= 15 is 0 Å². The third-order valence-electron chi connectivity index (χ3n) is 4.24. The molecular formula is C17H15F3N5O4P. The molecule has 0 saturated heterocycles. The molecular weight excluding hydrogens is 426 g/mol. The third kappa shape index (κ3) is 3.70. The maximum absolute atomic E-state index is 14.5. The van der Waals surface area contributed by atoms with Crippen molar-refractivity contribution in [2.24, 2.45) is 0 Å². The first-order valence-corrected chi connectivity index (χ1v) is 9.08. The Bertz CT molecular complexity index is 1130. The number of benzene rings is 1. The zero-order valence-corrected chi connectivity index (χ0v) is 16.8. The second kappa shape index (κ2) is 6.98. The van der Waals surface area contributed by atoms with Gasteiger partial charge in [0.05, 0.1) is 12.8 Å². The van der Waals surface area contributed by atoms with Gasteiger partial charge in [0.25, 0.3) is 5.78 Å². The fraction of sp³-hybridized carbons (Fsp3) is 0.294. The highest BCUT2D eigenvalue weighted by molar-refractivity contribution is 7.18. The molecule has 30 heavy (non-hydrogen) atoms. The number of hydrogen-bond donors (Lipinski definition) is 1. The van der Waals surface area contributed by atoms with Gasteiger partial charge in [-0.3, -0.25) is 0 Å². The normalized spacial score (nSPS) is 17.4. The van der Waals surface area contributed by atoms with Gasteiger partial charge in [0.15, 0.2) is 23.0 Å². The number of ether oxygens (including phenoxy) is 3. The second-order valence-corrected chi connectivity index (χ2v) is 7.63. The second-order valence-electron chi connectivity index (χ2n) is 6.55. The molecule has 158 valence electrons. The van der Waals surface area contributed by atoms with Crippen LogP contribution in [-0.2, 0) is 14.9 Å². The molecule has 0 spiro atoms. The molecule has 3 aromatic rings. The minimum absolute atomic E-state index is 0.0180. The van der Waals surface area contributed by atoms with Gasteiger partial charge >= 0.3 is 12.3 Å². The number of alkyl halides is 3. The highest BCUT2D eigenvalue weighted by atomic mass is 31.0. The lowest BCUT2D eigenvalue weighted by Gasteiger charge is -2.20. The minimum Gasteiger partial charge on any atom is -0.467 e. The number of esters is 1. The van der Waals surface area contributed by atoms with E-state index < -0.39 is 23.7 Å². The fourth-order valence-corrected chi connectivity index (χ4v) is 3.00. The van der Waals surface area contributed by atoms with Crippen molar-refractivity contribution >= 4 is 26.8 Å². The molecule has 3 unspecified atom stereocenters. The van der Waals surface area contributed by atoms with Gasteiger partial charge < -0.3 is 19.5 Å². The number of carbonyl (C=O) groups excluding carboxylic acids is 1. The zero-order valence-electron chi connectivity index (χ0n) is 15.6. The van der Waals surface area contributed by atoms with Gasteiger partial charge in [-0.15, -0.1) is 8.78 Å². The molecule has 13 heteroatoms. The van der Waals surface area contributed by atoms with Crippen molar-refractivity contribution in [3.8, 4) is 11.5 Å². The first kappa shape index (κ1) is 20.1. The van der Waals surface area contributed by atoms with Gasteiger partial charge in [-0.05, 0) is 24.6 Å². The summed E-state index contributed by atoms with van der Waals surface area (Å²) >= 11 is 0. The Labute approximate surface area is 169 Å². The molecule has 3 heterocycles. The SMILES string of the molecule is COC(=O)C(Nc1cc(C(C)(F)P)nc2ncnn12)c1ccc2c(c1)OC(F)(F)O2. The van der Waals surface area contributed by atoms with Crippen LogP contribution in [0.2, 0.25) is 0 Å². The Morgan fingerprint density at radius 1 is 1.33 bits per heavy atom. The summed E-state index contributed by atoms with van der Waals surface area (Å²) in [5.41, 5.74) is 0.256. The van der Waals surface area contributed by atoms with Gasteiger partial charge in [-0.25, -0.2) is 14.2 Å². The number of carbonyl (C=O) groups is 1. The van der Waals surface area contributed by atoms with E-state index in [2.05, 4.69) is 29.9 Å². The Hall–Kier alpha value is -3.14. The number of rotatable bonds is 5.